The van der Waals surface area contributed by atoms with Crippen molar-refractivity contribution < 1.29 is 23.8 Å². The fraction of sp³-hybridized carbons (Fsp3) is 0.542. The molecule has 1 aliphatic carbocycles. The quantitative estimate of drug-likeness (QED) is 0.667. The Kier molecular flexibility index (Phi) is 6.78. The summed E-state index contributed by atoms with van der Waals surface area (Å²) in [7, 11) is 0. The van der Waals surface area contributed by atoms with Gasteiger partial charge in [0.2, 0.25) is 5.91 Å². The zero-order valence-corrected chi connectivity index (χ0v) is 19.4. The molecule has 1 atom stereocenters. The van der Waals surface area contributed by atoms with E-state index in [0.717, 1.165) is 31.2 Å². The zero-order valence-electron chi connectivity index (χ0n) is 18.6. The number of carbonyl (C=O) groups excluding carboxylic acids is 2. The molecule has 2 aromatic heterocycles. The maximum atomic E-state index is 13.5. The van der Waals surface area contributed by atoms with Crippen LogP contribution in [0.25, 0.3) is 0 Å². The number of aromatic nitrogens is 1. The van der Waals surface area contributed by atoms with Crippen LogP contribution in [0.3, 0.4) is 0 Å². The smallest absolute Gasteiger partial charge is 0.268 e. The van der Waals surface area contributed by atoms with Crippen LogP contribution >= 0.6 is 11.3 Å². The summed E-state index contributed by atoms with van der Waals surface area (Å²) >= 11 is 1.30. The molecule has 0 radical (unpaired) electrons. The highest BCUT2D eigenvalue weighted by Gasteiger charge is 2.37. The summed E-state index contributed by atoms with van der Waals surface area (Å²) in [6, 6.07) is 4.05. The molecule has 5 rings (SSSR count). The Bertz CT molecular complexity index is 976. The molecule has 0 N–H and O–H groups in total. The van der Waals surface area contributed by atoms with E-state index >= 15 is 0 Å². The average Bonchev–Trinajstić information content (AvgIpc) is 3.22. The van der Waals surface area contributed by atoms with Crippen LogP contribution in [0.5, 0.6) is 11.5 Å². The Morgan fingerprint density at radius 2 is 1.91 bits per heavy atom. The van der Waals surface area contributed by atoms with Gasteiger partial charge in [-0.25, -0.2) is 0 Å². The Morgan fingerprint density at radius 3 is 2.73 bits per heavy atom. The molecule has 33 heavy (non-hydrogen) atoms. The van der Waals surface area contributed by atoms with Gasteiger partial charge in [0.05, 0.1) is 12.7 Å². The lowest BCUT2D eigenvalue weighted by Gasteiger charge is -2.34. The van der Waals surface area contributed by atoms with Crippen LogP contribution < -0.4 is 9.47 Å². The molecule has 3 aliphatic rings. The Hall–Kier alpha value is -2.65. The number of ether oxygens (including phenoxy) is 3. The highest BCUT2D eigenvalue weighted by atomic mass is 32.1. The van der Waals surface area contributed by atoms with Crippen molar-refractivity contribution in [1.82, 2.24) is 14.8 Å². The first-order chi connectivity index (χ1) is 16.2. The first-order valence-electron chi connectivity index (χ1n) is 11.7. The highest BCUT2D eigenvalue weighted by molar-refractivity contribution is 7.12. The summed E-state index contributed by atoms with van der Waals surface area (Å²) in [4.78, 5) is 34.9. The minimum Gasteiger partial charge on any atom is -0.485 e. The molecule has 0 aromatic carbocycles. The van der Waals surface area contributed by atoms with Crippen molar-refractivity contribution in [2.75, 3.05) is 32.8 Å². The monoisotopic (exact) mass is 471 g/mol. The highest BCUT2D eigenvalue weighted by Crippen LogP contribution is 2.40. The molecular formula is C24H29N3O5S. The van der Waals surface area contributed by atoms with E-state index in [1.165, 1.54) is 17.8 Å². The molecule has 1 saturated carbocycles. The van der Waals surface area contributed by atoms with Crippen LogP contribution in [0.15, 0.2) is 29.9 Å². The van der Waals surface area contributed by atoms with Crippen LogP contribution in [-0.4, -0.2) is 71.6 Å². The predicted molar refractivity (Wildman–Crippen MR) is 123 cm³/mol. The second kappa shape index (κ2) is 10.1. The first-order valence-corrected chi connectivity index (χ1v) is 12.5. The van der Waals surface area contributed by atoms with Gasteiger partial charge in [-0.15, -0.1) is 11.3 Å². The number of pyridine rings is 1. The third-order valence-electron chi connectivity index (χ3n) is 6.50. The number of thiophene rings is 1. The van der Waals surface area contributed by atoms with E-state index in [9.17, 15) is 9.59 Å². The first kappa shape index (κ1) is 22.2. The van der Waals surface area contributed by atoms with Gasteiger partial charge in [-0.05, 0) is 30.5 Å². The summed E-state index contributed by atoms with van der Waals surface area (Å²) in [5.74, 6) is 0.882. The van der Waals surface area contributed by atoms with Gasteiger partial charge in [-0.2, -0.15) is 0 Å². The Labute approximate surface area is 197 Å². The lowest BCUT2D eigenvalue weighted by molar-refractivity contribution is -0.134. The van der Waals surface area contributed by atoms with Gasteiger partial charge >= 0.3 is 0 Å². The zero-order chi connectivity index (χ0) is 22.6. The van der Waals surface area contributed by atoms with Crippen molar-refractivity contribution in [2.24, 2.45) is 0 Å². The third kappa shape index (κ3) is 4.99. The minimum absolute atomic E-state index is 0.00662. The van der Waals surface area contributed by atoms with Crippen LogP contribution in [0, 0.1) is 0 Å². The minimum atomic E-state index is -0.275. The standard InChI is InChI=1S/C24H29N3O5S/c28-21-14-26(24(29)23-22-20(16-33-23)30-10-11-31-22)12-19(32-15-17-6-8-25-9-7-17)13-27(21)18-4-2-1-3-5-18/h6-9,16,18-19H,1-5,10-15H2/t19-/m0/s1. The largest absolute Gasteiger partial charge is 0.485 e. The van der Waals surface area contributed by atoms with Crippen molar-refractivity contribution in [3.8, 4) is 11.5 Å². The number of rotatable bonds is 5. The molecule has 2 aromatic rings. The molecule has 0 unspecified atom stereocenters. The van der Waals surface area contributed by atoms with Gasteiger partial charge in [-0.3, -0.25) is 14.6 Å². The summed E-state index contributed by atoms with van der Waals surface area (Å²) in [5, 5.41) is 1.80. The van der Waals surface area contributed by atoms with Gasteiger partial charge in [0.15, 0.2) is 11.5 Å². The normalized spacial score (nSPS) is 21.7. The van der Waals surface area contributed by atoms with Crippen LogP contribution in [0.1, 0.15) is 47.3 Å². The van der Waals surface area contributed by atoms with Crippen LogP contribution in [-0.2, 0) is 16.1 Å². The van der Waals surface area contributed by atoms with Crippen LogP contribution in [0.2, 0.25) is 0 Å². The number of hydrogen-bond acceptors (Lipinski definition) is 7. The van der Waals surface area contributed by atoms with E-state index < -0.39 is 0 Å². The molecule has 4 heterocycles. The fourth-order valence-corrected chi connectivity index (χ4v) is 5.69. The van der Waals surface area contributed by atoms with E-state index in [1.54, 1.807) is 22.7 Å². The molecule has 2 fully saturated rings. The Morgan fingerprint density at radius 1 is 1.12 bits per heavy atom. The predicted octanol–water partition coefficient (Wildman–Crippen LogP) is 3.12. The van der Waals surface area contributed by atoms with Crippen LogP contribution in [0.4, 0.5) is 0 Å². The second-order valence-corrected chi connectivity index (χ2v) is 9.65. The molecule has 176 valence electrons. The lowest BCUT2D eigenvalue weighted by Crippen LogP contribution is -2.46. The number of fused-ring (bicyclic) bond motifs is 1. The van der Waals surface area contributed by atoms with Crippen molar-refractivity contribution in [3.63, 3.8) is 0 Å². The van der Waals surface area contributed by atoms with Crippen molar-refractivity contribution in [3.05, 3.63) is 40.3 Å². The molecule has 9 heteroatoms. The van der Waals surface area contributed by atoms with E-state index in [0.29, 0.717) is 49.3 Å². The van der Waals surface area contributed by atoms with Gasteiger partial charge < -0.3 is 24.0 Å². The third-order valence-corrected chi connectivity index (χ3v) is 7.43. The number of nitrogens with zero attached hydrogens (tertiary/aromatic N) is 3. The van der Waals surface area contributed by atoms with Crippen molar-refractivity contribution in [2.45, 2.75) is 50.9 Å². The van der Waals surface area contributed by atoms with Crippen molar-refractivity contribution in [1.29, 1.82) is 0 Å². The maximum Gasteiger partial charge on any atom is 0.268 e. The van der Waals surface area contributed by atoms with Gasteiger partial charge in [0, 0.05) is 36.9 Å². The second-order valence-electron chi connectivity index (χ2n) is 8.77. The van der Waals surface area contributed by atoms with Crippen molar-refractivity contribution >= 4 is 23.2 Å². The van der Waals surface area contributed by atoms with Gasteiger partial charge in [0.25, 0.3) is 5.91 Å². The number of carbonyl (C=O) groups is 2. The molecule has 1 saturated heterocycles. The SMILES string of the molecule is O=C(c1scc2c1OCCO2)N1CC(=O)N(C2CCCCC2)C[C@@H](OCc2ccncc2)C1. The number of hydrogen-bond donors (Lipinski definition) is 0. The summed E-state index contributed by atoms with van der Waals surface area (Å²) in [6.07, 6.45) is 8.72. The topological polar surface area (TPSA) is 81.2 Å². The van der Waals surface area contributed by atoms with E-state index in [4.69, 9.17) is 14.2 Å². The molecule has 2 aliphatic heterocycles. The molecule has 0 spiro atoms. The summed E-state index contributed by atoms with van der Waals surface area (Å²) in [5.41, 5.74) is 1.01. The molecular weight excluding hydrogens is 442 g/mol. The molecule has 2 amide bonds. The summed E-state index contributed by atoms with van der Waals surface area (Å²) < 4.78 is 17.6. The molecule has 8 nitrogen and oxygen atoms in total. The van der Waals surface area contributed by atoms with E-state index in [1.807, 2.05) is 17.0 Å². The number of amides is 2. The average molecular weight is 472 g/mol. The fourth-order valence-electron chi connectivity index (χ4n) is 4.80. The van der Waals surface area contributed by atoms with E-state index in [2.05, 4.69) is 4.98 Å². The lowest BCUT2D eigenvalue weighted by atomic mass is 9.94. The van der Waals surface area contributed by atoms with E-state index in [-0.39, 0.29) is 30.5 Å². The maximum absolute atomic E-state index is 13.5. The molecule has 0 bridgehead atoms. The Balaban J connectivity index is 1.36. The van der Waals surface area contributed by atoms with Gasteiger partial charge in [-0.1, -0.05) is 19.3 Å². The van der Waals surface area contributed by atoms with Gasteiger partial charge in [0.1, 0.15) is 24.6 Å². The summed E-state index contributed by atoms with van der Waals surface area (Å²) in [6.45, 7) is 2.20.